The molecule has 1 heteroatoms. The average Bonchev–Trinajstić information content (AvgIpc) is 2.43. The van der Waals surface area contributed by atoms with E-state index in [1.54, 1.807) is 0 Å². The Kier molecular flexibility index (Phi) is 4.51. The summed E-state index contributed by atoms with van der Waals surface area (Å²) in [7, 11) is 0. The maximum absolute atomic E-state index is 4.81. The summed E-state index contributed by atoms with van der Waals surface area (Å²) in [5, 5.41) is 0. The Bertz CT molecular complexity index is 564. The Labute approximate surface area is 116 Å². The van der Waals surface area contributed by atoms with Crippen molar-refractivity contribution in [3.63, 3.8) is 0 Å². The minimum Gasteiger partial charge on any atom is -0.257 e. The summed E-state index contributed by atoms with van der Waals surface area (Å²) in [5.74, 6) is 0. The molecule has 1 nitrogen and oxygen atoms in total. The van der Waals surface area contributed by atoms with Gasteiger partial charge in [-0.1, -0.05) is 55.0 Å². The molecule has 2 aromatic carbocycles. The SMILES string of the molecule is CCC(Cc1ccc(C)cc1)=Nc1ccccc1C. The number of benzene rings is 2. The van der Waals surface area contributed by atoms with Gasteiger partial charge in [0.1, 0.15) is 0 Å². The molecule has 2 aromatic rings. The van der Waals surface area contributed by atoms with Gasteiger partial charge in [-0.05, 0) is 37.5 Å². The molecule has 0 spiro atoms. The van der Waals surface area contributed by atoms with Crippen LogP contribution in [-0.4, -0.2) is 5.71 Å². The maximum Gasteiger partial charge on any atom is 0.0658 e. The van der Waals surface area contributed by atoms with Crippen molar-refractivity contribution in [2.24, 2.45) is 4.99 Å². The molecule has 0 fully saturated rings. The molecular weight excluding hydrogens is 230 g/mol. The minimum atomic E-state index is 0.936. The van der Waals surface area contributed by atoms with Gasteiger partial charge in [-0.25, -0.2) is 0 Å². The summed E-state index contributed by atoms with van der Waals surface area (Å²) in [6.07, 6.45) is 1.92. The first-order valence-corrected chi connectivity index (χ1v) is 6.86. The molecule has 0 radical (unpaired) electrons. The van der Waals surface area contributed by atoms with Crippen LogP contribution in [0.3, 0.4) is 0 Å². The molecule has 0 aliphatic heterocycles. The lowest BCUT2D eigenvalue weighted by atomic mass is 10.0. The second-order valence-electron chi connectivity index (χ2n) is 4.98. The van der Waals surface area contributed by atoms with Crippen LogP contribution in [0.4, 0.5) is 5.69 Å². The fourth-order valence-electron chi connectivity index (χ4n) is 2.04. The highest BCUT2D eigenvalue weighted by atomic mass is 14.7. The minimum absolute atomic E-state index is 0.936. The number of para-hydroxylation sites is 1. The Morgan fingerprint density at radius 3 is 2.26 bits per heavy atom. The lowest BCUT2D eigenvalue weighted by Gasteiger charge is -2.06. The zero-order valence-corrected chi connectivity index (χ0v) is 12.0. The van der Waals surface area contributed by atoms with Gasteiger partial charge in [0.15, 0.2) is 0 Å². The van der Waals surface area contributed by atoms with Gasteiger partial charge in [-0.2, -0.15) is 0 Å². The second-order valence-corrected chi connectivity index (χ2v) is 4.98. The summed E-state index contributed by atoms with van der Waals surface area (Å²) in [4.78, 5) is 4.81. The molecule has 0 N–H and O–H groups in total. The van der Waals surface area contributed by atoms with E-state index in [0.717, 1.165) is 18.5 Å². The summed E-state index contributed by atoms with van der Waals surface area (Å²) in [6, 6.07) is 17.0. The predicted molar refractivity (Wildman–Crippen MR) is 83.4 cm³/mol. The van der Waals surface area contributed by atoms with Crippen LogP contribution in [0.1, 0.15) is 30.0 Å². The van der Waals surface area contributed by atoms with Gasteiger partial charge in [0.25, 0.3) is 0 Å². The van der Waals surface area contributed by atoms with Crippen LogP contribution in [0.15, 0.2) is 53.5 Å². The van der Waals surface area contributed by atoms with Crippen molar-refractivity contribution < 1.29 is 0 Å². The number of aryl methyl sites for hydroxylation is 2. The highest BCUT2D eigenvalue weighted by Crippen LogP contribution is 2.19. The van der Waals surface area contributed by atoms with Crippen LogP contribution in [0.25, 0.3) is 0 Å². The van der Waals surface area contributed by atoms with E-state index >= 15 is 0 Å². The van der Waals surface area contributed by atoms with Crippen molar-refractivity contribution in [2.75, 3.05) is 0 Å². The molecule has 98 valence electrons. The number of nitrogens with zero attached hydrogens (tertiary/aromatic N) is 1. The topological polar surface area (TPSA) is 12.4 Å². The number of hydrogen-bond donors (Lipinski definition) is 0. The zero-order valence-electron chi connectivity index (χ0n) is 12.0. The Balaban J connectivity index is 2.21. The standard InChI is InChI=1S/C18H21N/c1-4-17(13-16-11-9-14(2)10-12-16)19-18-8-6-5-7-15(18)3/h5-12H,4,13H2,1-3H3. The smallest absolute Gasteiger partial charge is 0.0658 e. The van der Waals surface area contributed by atoms with Crippen molar-refractivity contribution in [2.45, 2.75) is 33.6 Å². The molecule has 2 rings (SSSR count). The molecule has 19 heavy (non-hydrogen) atoms. The van der Waals surface area contributed by atoms with E-state index in [1.807, 2.05) is 6.07 Å². The van der Waals surface area contributed by atoms with Gasteiger partial charge in [-0.15, -0.1) is 0 Å². The molecule has 0 saturated carbocycles. The first-order valence-electron chi connectivity index (χ1n) is 6.86. The first-order chi connectivity index (χ1) is 9.19. The lowest BCUT2D eigenvalue weighted by Crippen LogP contribution is -2.01. The molecular formula is C18H21N. The summed E-state index contributed by atoms with van der Waals surface area (Å²) < 4.78 is 0. The molecule has 0 bridgehead atoms. The van der Waals surface area contributed by atoms with E-state index in [1.165, 1.54) is 22.4 Å². The van der Waals surface area contributed by atoms with Gasteiger partial charge < -0.3 is 0 Å². The molecule has 0 aliphatic carbocycles. The third kappa shape index (κ3) is 3.78. The molecule has 0 saturated heterocycles. The predicted octanol–water partition coefficient (Wildman–Crippen LogP) is 5.03. The largest absolute Gasteiger partial charge is 0.257 e. The van der Waals surface area contributed by atoms with Gasteiger partial charge >= 0.3 is 0 Å². The fraction of sp³-hybridized carbons (Fsp3) is 0.278. The quantitative estimate of drug-likeness (QED) is 0.676. The van der Waals surface area contributed by atoms with E-state index in [2.05, 4.69) is 63.2 Å². The Morgan fingerprint density at radius 2 is 1.63 bits per heavy atom. The normalized spacial score (nSPS) is 11.6. The highest BCUT2D eigenvalue weighted by Gasteiger charge is 2.01. The number of aliphatic imine (C=N–C) groups is 1. The molecule has 0 aromatic heterocycles. The monoisotopic (exact) mass is 251 g/mol. The lowest BCUT2D eigenvalue weighted by molar-refractivity contribution is 1.17. The van der Waals surface area contributed by atoms with Crippen molar-refractivity contribution in [1.82, 2.24) is 0 Å². The van der Waals surface area contributed by atoms with E-state index in [-0.39, 0.29) is 0 Å². The van der Waals surface area contributed by atoms with E-state index in [9.17, 15) is 0 Å². The van der Waals surface area contributed by atoms with Gasteiger partial charge in [0.05, 0.1) is 5.69 Å². The van der Waals surface area contributed by atoms with Crippen LogP contribution in [0, 0.1) is 13.8 Å². The number of hydrogen-bond acceptors (Lipinski definition) is 1. The van der Waals surface area contributed by atoms with E-state index in [4.69, 9.17) is 4.99 Å². The molecule has 0 atom stereocenters. The summed E-state index contributed by atoms with van der Waals surface area (Å²) in [5.41, 5.74) is 6.19. The fourth-order valence-corrected chi connectivity index (χ4v) is 2.04. The average molecular weight is 251 g/mol. The highest BCUT2D eigenvalue weighted by molar-refractivity contribution is 5.88. The molecule has 0 aliphatic rings. The van der Waals surface area contributed by atoms with Crippen LogP contribution in [0.2, 0.25) is 0 Å². The van der Waals surface area contributed by atoms with Crippen LogP contribution < -0.4 is 0 Å². The number of rotatable bonds is 4. The second kappa shape index (κ2) is 6.33. The maximum atomic E-state index is 4.81. The van der Waals surface area contributed by atoms with Gasteiger partial charge in [-0.3, -0.25) is 4.99 Å². The Hall–Kier alpha value is -1.89. The molecule has 0 heterocycles. The summed E-state index contributed by atoms with van der Waals surface area (Å²) >= 11 is 0. The molecule has 0 unspecified atom stereocenters. The third-order valence-corrected chi connectivity index (χ3v) is 3.33. The van der Waals surface area contributed by atoms with Crippen molar-refractivity contribution in [3.05, 3.63) is 65.2 Å². The van der Waals surface area contributed by atoms with E-state index < -0.39 is 0 Å². The van der Waals surface area contributed by atoms with E-state index in [0.29, 0.717) is 0 Å². The van der Waals surface area contributed by atoms with Gasteiger partial charge in [0, 0.05) is 12.1 Å². The van der Waals surface area contributed by atoms with Crippen molar-refractivity contribution in [1.29, 1.82) is 0 Å². The first kappa shape index (κ1) is 13.5. The van der Waals surface area contributed by atoms with Crippen molar-refractivity contribution in [3.8, 4) is 0 Å². The third-order valence-electron chi connectivity index (χ3n) is 3.33. The van der Waals surface area contributed by atoms with Gasteiger partial charge in [0.2, 0.25) is 0 Å². The van der Waals surface area contributed by atoms with Crippen LogP contribution in [0.5, 0.6) is 0 Å². The summed E-state index contributed by atoms with van der Waals surface area (Å²) in [6.45, 7) is 6.40. The molecule has 0 amide bonds. The van der Waals surface area contributed by atoms with Crippen LogP contribution >= 0.6 is 0 Å². The van der Waals surface area contributed by atoms with Crippen molar-refractivity contribution >= 4 is 11.4 Å². The Morgan fingerprint density at radius 1 is 0.947 bits per heavy atom. The van der Waals surface area contributed by atoms with Crippen LogP contribution in [-0.2, 0) is 6.42 Å². The zero-order chi connectivity index (χ0) is 13.7.